The van der Waals surface area contributed by atoms with Crippen LogP contribution in [-0.4, -0.2) is 50.9 Å². The van der Waals surface area contributed by atoms with Gasteiger partial charge in [0.05, 0.1) is 17.8 Å². The van der Waals surface area contributed by atoms with E-state index in [4.69, 9.17) is 5.73 Å². The summed E-state index contributed by atoms with van der Waals surface area (Å²) < 4.78 is 2.03. The van der Waals surface area contributed by atoms with Gasteiger partial charge in [0.1, 0.15) is 0 Å². The lowest BCUT2D eigenvalue weighted by molar-refractivity contribution is -0.119. The van der Waals surface area contributed by atoms with Crippen molar-refractivity contribution >= 4 is 23.7 Å². The number of nitrogens with zero attached hydrogens (tertiary/aromatic N) is 4. The molecule has 0 unspecified atom stereocenters. The van der Waals surface area contributed by atoms with Gasteiger partial charge in [0.25, 0.3) is 0 Å². The molecule has 9 heteroatoms. The Kier molecular flexibility index (Phi) is 7.37. The van der Waals surface area contributed by atoms with Crippen LogP contribution in [0, 0.1) is 0 Å². The minimum absolute atomic E-state index is 0.102. The van der Waals surface area contributed by atoms with Gasteiger partial charge in [0.15, 0.2) is 11.0 Å². The fraction of sp³-hybridized carbons (Fsp3) is 0.444. The highest BCUT2D eigenvalue weighted by Gasteiger charge is 2.25. The molecule has 0 bridgehead atoms. The van der Waals surface area contributed by atoms with Crippen LogP contribution in [0.3, 0.4) is 0 Å². The van der Waals surface area contributed by atoms with E-state index in [1.165, 1.54) is 11.8 Å². The normalized spacial score (nSPS) is 13.4. The van der Waals surface area contributed by atoms with Gasteiger partial charge in [-0.3, -0.25) is 15.0 Å². The van der Waals surface area contributed by atoms with E-state index in [1.54, 1.807) is 6.92 Å². The predicted molar refractivity (Wildman–Crippen MR) is 105 cm³/mol. The van der Waals surface area contributed by atoms with Gasteiger partial charge < -0.3 is 10.3 Å². The number of rotatable bonds is 8. The number of primary amides is 1. The monoisotopic (exact) mass is 390 g/mol. The first-order chi connectivity index (χ1) is 12.8. The van der Waals surface area contributed by atoms with Crippen LogP contribution in [0.5, 0.6) is 0 Å². The number of amides is 3. The molecule has 3 N–H and O–H groups in total. The van der Waals surface area contributed by atoms with E-state index in [9.17, 15) is 9.59 Å². The number of urea groups is 1. The molecule has 0 saturated carbocycles. The molecule has 2 atom stereocenters. The third-order valence-corrected chi connectivity index (χ3v) is 5.22. The van der Waals surface area contributed by atoms with E-state index in [2.05, 4.69) is 27.3 Å². The number of aromatic nitrogens is 3. The van der Waals surface area contributed by atoms with E-state index in [-0.39, 0.29) is 6.04 Å². The zero-order valence-corrected chi connectivity index (χ0v) is 16.9. The Morgan fingerprint density at radius 2 is 1.93 bits per heavy atom. The SMILES string of the molecule is CC[C@H](c1nnc(S[C@@H](C)C(=O)NC(N)=O)n1Cc1ccccc1)N(C)C. The zero-order valence-electron chi connectivity index (χ0n) is 16.0. The molecule has 0 radical (unpaired) electrons. The molecule has 8 nitrogen and oxygen atoms in total. The van der Waals surface area contributed by atoms with Crippen LogP contribution < -0.4 is 11.1 Å². The fourth-order valence-corrected chi connectivity index (χ4v) is 3.62. The molecule has 27 heavy (non-hydrogen) atoms. The lowest BCUT2D eigenvalue weighted by atomic mass is 10.2. The first kappa shape index (κ1) is 20.9. The van der Waals surface area contributed by atoms with E-state index in [0.717, 1.165) is 17.8 Å². The van der Waals surface area contributed by atoms with Gasteiger partial charge in [-0.2, -0.15) is 0 Å². The molecule has 0 spiro atoms. The number of benzene rings is 1. The molecule has 1 heterocycles. The Labute approximate surface area is 163 Å². The molecule has 0 aliphatic heterocycles. The average molecular weight is 391 g/mol. The number of carbonyl (C=O) groups excluding carboxylic acids is 2. The van der Waals surface area contributed by atoms with Gasteiger partial charge in [0.2, 0.25) is 5.91 Å². The molecule has 1 aromatic heterocycles. The third kappa shape index (κ3) is 5.54. The van der Waals surface area contributed by atoms with Gasteiger partial charge in [0, 0.05) is 0 Å². The number of imide groups is 1. The molecule has 0 aliphatic rings. The smallest absolute Gasteiger partial charge is 0.318 e. The van der Waals surface area contributed by atoms with Crippen molar-refractivity contribution in [3.8, 4) is 0 Å². The summed E-state index contributed by atoms with van der Waals surface area (Å²) in [5, 5.41) is 10.9. The summed E-state index contributed by atoms with van der Waals surface area (Å²) in [5.74, 6) is 0.388. The maximum atomic E-state index is 12.0. The summed E-state index contributed by atoms with van der Waals surface area (Å²) in [5.41, 5.74) is 6.15. The maximum Gasteiger partial charge on any atom is 0.318 e. The van der Waals surface area contributed by atoms with Gasteiger partial charge in [-0.1, -0.05) is 49.0 Å². The lowest BCUT2D eigenvalue weighted by Gasteiger charge is -2.23. The second-order valence-electron chi connectivity index (χ2n) is 6.41. The van der Waals surface area contributed by atoms with Crippen molar-refractivity contribution in [2.75, 3.05) is 14.1 Å². The molecule has 0 aliphatic carbocycles. The molecular weight excluding hydrogens is 364 g/mol. The van der Waals surface area contributed by atoms with Crippen LogP contribution in [0.1, 0.15) is 37.7 Å². The molecular formula is C18H26N6O2S. The van der Waals surface area contributed by atoms with Crippen molar-refractivity contribution in [2.24, 2.45) is 5.73 Å². The molecule has 2 aromatic rings. The minimum Gasteiger partial charge on any atom is -0.351 e. The summed E-state index contributed by atoms with van der Waals surface area (Å²) in [7, 11) is 4.01. The summed E-state index contributed by atoms with van der Waals surface area (Å²) in [6.45, 7) is 4.40. The van der Waals surface area contributed by atoms with Crippen LogP contribution in [-0.2, 0) is 11.3 Å². The van der Waals surface area contributed by atoms with Gasteiger partial charge in [-0.05, 0) is 33.0 Å². The summed E-state index contributed by atoms with van der Waals surface area (Å²) in [6.07, 6.45) is 0.877. The predicted octanol–water partition coefficient (Wildman–Crippen LogP) is 2.01. The highest BCUT2D eigenvalue weighted by atomic mass is 32.2. The van der Waals surface area contributed by atoms with Gasteiger partial charge in [-0.25, -0.2) is 4.79 Å². The van der Waals surface area contributed by atoms with Crippen molar-refractivity contribution < 1.29 is 9.59 Å². The molecule has 146 valence electrons. The number of nitrogens with one attached hydrogen (secondary N) is 1. The highest BCUT2D eigenvalue weighted by molar-refractivity contribution is 8.00. The van der Waals surface area contributed by atoms with Gasteiger partial charge in [-0.15, -0.1) is 10.2 Å². The standard InChI is InChI=1S/C18H26N6O2S/c1-5-14(23(3)4)15-21-22-18(27-12(2)16(25)20-17(19)26)24(15)11-13-9-7-6-8-10-13/h6-10,12,14H,5,11H2,1-4H3,(H3,19,20,25,26)/t12-,14+/m0/s1. The van der Waals surface area contributed by atoms with E-state index >= 15 is 0 Å². The van der Waals surface area contributed by atoms with E-state index in [0.29, 0.717) is 11.7 Å². The van der Waals surface area contributed by atoms with Crippen LogP contribution >= 0.6 is 11.8 Å². The Bertz CT molecular complexity index is 777. The Morgan fingerprint density at radius 1 is 1.26 bits per heavy atom. The second-order valence-corrected chi connectivity index (χ2v) is 7.72. The van der Waals surface area contributed by atoms with Crippen molar-refractivity contribution in [1.82, 2.24) is 25.0 Å². The maximum absolute atomic E-state index is 12.0. The van der Waals surface area contributed by atoms with Gasteiger partial charge >= 0.3 is 6.03 Å². The number of carbonyl (C=O) groups is 2. The van der Waals surface area contributed by atoms with Crippen molar-refractivity contribution in [2.45, 2.75) is 43.3 Å². The molecule has 3 amide bonds. The number of nitrogens with two attached hydrogens (primary N) is 1. The zero-order chi connectivity index (χ0) is 20.0. The topological polar surface area (TPSA) is 106 Å². The Hall–Kier alpha value is -2.39. The van der Waals surface area contributed by atoms with E-state index in [1.807, 2.05) is 49.0 Å². The summed E-state index contributed by atoms with van der Waals surface area (Å²) >= 11 is 1.25. The van der Waals surface area contributed by atoms with Crippen LogP contribution in [0.15, 0.2) is 35.5 Å². The molecule has 2 rings (SSSR count). The molecule has 1 aromatic carbocycles. The summed E-state index contributed by atoms with van der Waals surface area (Å²) in [4.78, 5) is 25.1. The first-order valence-electron chi connectivity index (χ1n) is 8.73. The average Bonchev–Trinajstić information content (AvgIpc) is 2.98. The Morgan fingerprint density at radius 3 is 2.48 bits per heavy atom. The number of hydrogen-bond acceptors (Lipinski definition) is 6. The van der Waals surface area contributed by atoms with Crippen LogP contribution in [0.4, 0.5) is 4.79 Å². The van der Waals surface area contributed by atoms with E-state index < -0.39 is 17.2 Å². The fourth-order valence-electron chi connectivity index (χ4n) is 2.76. The van der Waals surface area contributed by atoms with Crippen LogP contribution in [0.2, 0.25) is 0 Å². The van der Waals surface area contributed by atoms with Crippen molar-refractivity contribution in [1.29, 1.82) is 0 Å². The number of thioether (sulfide) groups is 1. The van der Waals surface area contributed by atoms with Crippen LogP contribution in [0.25, 0.3) is 0 Å². The summed E-state index contributed by atoms with van der Waals surface area (Å²) in [6, 6.07) is 9.26. The minimum atomic E-state index is -0.863. The number of hydrogen-bond donors (Lipinski definition) is 2. The van der Waals surface area contributed by atoms with Crippen molar-refractivity contribution in [3.05, 3.63) is 41.7 Å². The first-order valence-corrected chi connectivity index (χ1v) is 9.61. The molecule has 0 fully saturated rings. The Balaban J connectivity index is 2.34. The second kappa shape index (κ2) is 9.52. The quantitative estimate of drug-likeness (QED) is 0.668. The lowest BCUT2D eigenvalue weighted by Crippen LogP contribution is -2.39. The largest absolute Gasteiger partial charge is 0.351 e. The highest BCUT2D eigenvalue weighted by Crippen LogP contribution is 2.28. The molecule has 0 saturated heterocycles. The van der Waals surface area contributed by atoms with Crippen molar-refractivity contribution in [3.63, 3.8) is 0 Å². The third-order valence-electron chi connectivity index (χ3n) is 4.13.